The maximum absolute atomic E-state index is 11.4. The molecule has 0 spiro atoms. The van der Waals surface area contributed by atoms with Gasteiger partial charge in [-0.2, -0.15) is 0 Å². The number of carbonyl (C=O) groups excluding carboxylic acids is 2. The zero-order valence-corrected chi connectivity index (χ0v) is 10.6. The summed E-state index contributed by atoms with van der Waals surface area (Å²) in [4.78, 5) is 23.0. The van der Waals surface area contributed by atoms with Crippen LogP contribution in [0.15, 0.2) is 12.1 Å². The second-order valence-corrected chi connectivity index (χ2v) is 4.13. The van der Waals surface area contributed by atoms with E-state index in [4.69, 9.17) is 9.47 Å². The van der Waals surface area contributed by atoms with E-state index in [9.17, 15) is 9.59 Å². The summed E-state index contributed by atoms with van der Waals surface area (Å²) in [6, 6.07) is 3.40. The van der Waals surface area contributed by atoms with Crippen LogP contribution in [0.4, 0.5) is 5.00 Å². The zero-order valence-electron chi connectivity index (χ0n) is 9.82. The van der Waals surface area contributed by atoms with Crippen LogP contribution in [-0.2, 0) is 14.3 Å². The van der Waals surface area contributed by atoms with Gasteiger partial charge >= 0.3 is 11.9 Å². The van der Waals surface area contributed by atoms with Crippen LogP contribution < -0.4 is 5.32 Å². The molecule has 1 rings (SSSR count). The largest absolute Gasteiger partial charge is 0.465 e. The molecule has 0 atom stereocenters. The number of carbonyl (C=O) groups is 2. The van der Waals surface area contributed by atoms with Gasteiger partial charge in [-0.25, -0.2) is 4.79 Å². The average Bonchev–Trinajstić information content (AvgIpc) is 2.76. The predicted octanol–water partition coefficient (Wildman–Crippen LogP) is 1.90. The van der Waals surface area contributed by atoms with Gasteiger partial charge in [0.2, 0.25) is 0 Å². The number of hydrogen-bond donors (Lipinski definition) is 1. The van der Waals surface area contributed by atoms with Gasteiger partial charge in [-0.3, -0.25) is 4.79 Å². The van der Waals surface area contributed by atoms with Gasteiger partial charge in [-0.05, 0) is 26.0 Å². The Morgan fingerprint density at radius 1 is 1.24 bits per heavy atom. The molecule has 1 aromatic heterocycles. The molecular formula is C11H15NO4S. The predicted molar refractivity (Wildman–Crippen MR) is 65.4 cm³/mol. The van der Waals surface area contributed by atoms with Crippen molar-refractivity contribution in [3.63, 3.8) is 0 Å². The van der Waals surface area contributed by atoms with Crippen molar-refractivity contribution in [2.75, 3.05) is 25.1 Å². The first-order valence-electron chi connectivity index (χ1n) is 5.33. The molecule has 0 saturated heterocycles. The van der Waals surface area contributed by atoms with Gasteiger partial charge in [0.15, 0.2) is 0 Å². The molecule has 0 radical (unpaired) electrons. The molecule has 94 valence electrons. The number of hydrogen-bond acceptors (Lipinski definition) is 6. The van der Waals surface area contributed by atoms with Gasteiger partial charge in [0.25, 0.3) is 0 Å². The summed E-state index contributed by atoms with van der Waals surface area (Å²) in [5, 5.41) is 3.62. The van der Waals surface area contributed by atoms with E-state index in [-0.39, 0.29) is 18.5 Å². The van der Waals surface area contributed by atoms with Crippen molar-refractivity contribution in [2.45, 2.75) is 13.8 Å². The molecule has 17 heavy (non-hydrogen) atoms. The van der Waals surface area contributed by atoms with Gasteiger partial charge in [-0.1, -0.05) is 0 Å². The highest BCUT2D eigenvalue weighted by atomic mass is 32.1. The van der Waals surface area contributed by atoms with Crippen molar-refractivity contribution < 1.29 is 19.1 Å². The lowest BCUT2D eigenvalue weighted by atomic mass is 10.4. The molecule has 0 unspecified atom stereocenters. The van der Waals surface area contributed by atoms with Crippen LogP contribution in [0.3, 0.4) is 0 Å². The monoisotopic (exact) mass is 257 g/mol. The minimum Gasteiger partial charge on any atom is -0.465 e. The highest BCUT2D eigenvalue weighted by molar-refractivity contribution is 7.17. The number of rotatable bonds is 6. The topological polar surface area (TPSA) is 64.6 Å². The maximum Gasteiger partial charge on any atom is 0.348 e. The summed E-state index contributed by atoms with van der Waals surface area (Å²) in [5.74, 6) is -0.666. The molecule has 0 fully saturated rings. The van der Waals surface area contributed by atoms with E-state index < -0.39 is 0 Å². The minimum absolute atomic E-state index is 0.0939. The SMILES string of the molecule is CCOC(=O)CNc1ccc(C(=O)OCC)s1. The summed E-state index contributed by atoms with van der Waals surface area (Å²) in [5.41, 5.74) is 0. The van der Waals surface area contributed by atoms with Gasteiger partial charge < -0.3 is 14.8 Å². The molecule has 0 amide bonds. The average molecular weight is 257 g/mol. The molecule has 1 aromatic rings. The number of ether oxygens (including phenoxy) is 2. The Kier molecular flexibility index (Phi) is 5.48. The van der Waals surface area contributed by atoms with Crippen LogP contribution in [0.2, 0.25) is 0 Å². The molecular weight excluding hydrogens is 242 g/mol. The first-order valence-corrected chi connectivity index (χ1v) is 6.15. The molecule has 6 heteroatoms. The van der Waals surface area contributed by atoms with Crippen LogP contribution in [-0.4, -0.2) is 31.7 Å². The van der Waals surface area contributed by atoms with Crippen LogP contribution in [0.5, 0.6) is 0 Å². The lowest BCUT2D eigenvalue weighted by Gasteiger charge is -2.02. The second-order valence-electron chi connectivity index (χ2n) is 3.04. The first kappa shape index (κ1) is 13.5. The Hall–Kier alpha value is -1.56. The minimum atomic E-state index is -0.346. The van der Waals surface area contributed by atoms with Crippen molar-refractivity contribution in [1.82, 2.24) is 0 Å². The molecule has 1 N–H and O–H groups in total. The Morgan fingerprint density at radius 3 is 2.59 bits per heavy atom. The molecule has 0 aromatic carbocycles. The van der Waals surface area contributed by atoms with E-state index in [0.29, 0.717) is 18.1 Å². The Bertz CT molecular complexity index is 389. The van der Waals surface area contributed by atoms with Crippen LogP contribution in [0, 0.1) is 0 Å². The highest BCUT2D eigenvalue weighted by Crippen LogP contribution is 2.22. The number of thiophene rings is 1. The van der Waals surface area contributed by atoms with E-state index in [1.165, 1.54) is 11.3 Å². The highest BCUT2D eigenvalue weighted by Gasteiger charge is 2.10. The fourth-order valence-electron chi connectivity index (χ4n) is 1.12. The summed E-state index contributed by atoms with van der Waals surface area (Å²) in [7, 11) is 0. The lowest BCUT2D eigenvalue weighted by Crippen LogP contribution is -2.15. The van der Waals surface area contributed by atoms with Crippen LogP contribution in [0.25, 0.3) is 0 Å². The number of nitrogens with one attached hydrogen (secondary N) is 1. The van der Waals surface area contributed by atoms with Gasteiger partial charge in [-0.15, -0.1) is 11.3 Å². The van der Waals surface area contributed by atoms with Gasteiger partial charge in [0, 0.05) is 0 Å². The lowest BCUT2D eigenvalue weighted by molar-refractivity contribution is -0.140. The quantitative estimate of drug-likeness (QED) is 0.788. The normalized spacial score (nSPS) is 9.76. The number of esters is 2. The molecule has 0 saturated carbocycles. The molecule has 0 aliphatic rings. The van der Waals surface area contributed by atoms with Crippen molar-refractivity contribution >= 4 is 28.3 Å². The molecule has 0 aliphatic heterocycles. The summed E-state index contributed by atoms with van der Waals surface area (Å²) in [6.07, 6.45) is 0. The fraction of sp³-hybridized carbons (Fsp3) is 0.455. The summed E-state index contributed by atoms with van der Waals surface area (Å²) < 4.78 is 9.63. The maximum atomic E-state index is 11.4. The van der Waals surface area contributed by atoms with Gasteiger partial charge in [0.05, 0.1) is 18.2 Å². The van der Waals surface area contributed by atoms with Gasteiger partial charge in [0.1, 0.15) is 11.4 Å². The summed E-state index contributed by atoms with van der Waals surface area (Å²) in [6.45, 7) is 4.31. The standard InChI is InChI=1S/C11H15NO4S/c1-3-15-10(13)7-12-9-6-5-8(17-9)11(14)16-4-2/h5-6,12H,3-4,7H2,1-2H3. The Morgan fingerprint density at radius 2 is 1.94 bits per heavy atom. The third-order valence-electron chi connectivity index (χ3n) is 1.79. The Labute approximate surface area is 104 Å². The molecule has 0 bridgehead atoms. The van der Waals surface area contributed by atoms with Crippen molar-refractivity contribution in [3.8, 4) is 0 Å². The Balaban J connectivity index is 2.45. The van der Waals surface area contributed by atoms with E-state index in [1.54, 1.807) is 26.0 Å². The van der Waals surface area contributed by atoms with Crippen molar-refractivity contribution in [3.05, 3.63) is 17.0 Å². The van der Waals surface area contributed by atoms with E-state index >= 15 is 0 Å². The zero-order chi connectivity index (χ0) is 12.7. The molecule has 5 nitrogen and oxygen atoms in total. The fourth-order valence-corrected chi connectivity index (χ4v) is 1.91. The second kappa shape index (κ2) is 6.90. The third-order valence-corrected chi connectivity index (χ3v) is 2.82. The van der Waals surface area contributed by atoms with E-state index in [2.05, 4.69) is 5.32 Å². The molecule has 0 aliphatic carbocycles. The molecule has 1 heterocycles. The van der Waals surface area contributed by atoms with E-state index in [0.717, 1.165) is 5.00 Å². The van der Waals surface area contributed by atoms with Crippen LogP contribution in [0.1, 0.15) is 23.5 Å². The smallest absolute Gasteiger partial charge is 0.348 e. The first-order chi connectivity index (χ1) is 8.17. The van der Waals surface area contributed by atoms with E-state index in [1.807, 2.05) is 0 Å². The number of anilines is 1. The van der Waals surface area contributed by atoms with Crippen molar-refractivity contribution in [2.24, 2.45) is 0 Å². The van der Waals surface area contributed by atoms with Crippen LogP contribution >= 0.6 is 11.3 Å². The summed E-state index contributed by atoms with van der Waals surface area (Å²) >= 11 is 1.25. The van der Waals surface area contributed by atoms with Crippen molar-refractivity contribution in [1.29, 1.82) is 0 Å². The third kappa shape index (κ3) is 4.44.